The summed E-state index contributed by atoms with van der Waals surface area (Å²) in [7, 11) is 4.03. The second-order valence-electron chi connectivity index (χ2n) is 8.17. The van der Waals surface area contributed by atoms with E-state index in [2.05, 4.69) is 29.3 Å². The smallest absolute Gasteiger partial charge is 0.248 e. The summed E-state index contributed by atoms with van der Waals surface area (Å²) in [5.74, 6) is -0.260. The van der Waals surface area contributed by atoms with E-state index < -0.39 is 5.91 Å². The number of hydrogen-bond donors (Lipinski definition) is 2. The third-order valence-corrected chi connectivity index (χ3v) is 5.94. The zero-order valence-electron chi connectivity index (χ0n) is 16.8. The molecule has 1 unspecified atom stereocenters. The van der Waals surface area contributed by atoms with Crippen LogP contribution in [-0.2, 0) is 16.6 Å². The first kappa shape index (κ1) is 20.1. The van der Waals surface area contributed by atoms with E-state index in [-0.39, 0.29) is 23.3 Å². The van der Waals surface area contributed by atoms with Gasteiger partial charge in [0.15, 0.2) is 0 Å². The summed E-state index contributed by atoms with van der Waals surface area (Å²) in [5, 5.41) is 3.15. The molecule has 0 spiro atoms. The van der Waals surface area contributed by atoms with Crippen LogP contribution >= 0.6 is 0 Å². The average molecular weight is 380 g/mol. The molecule has 3 rings (SSSR count). The maximum atomic E-state index is 12.7. The monoisotopic (exact) mass is 379 g/mol. The molecule has 5 nitrogen and oxygen atoms in total. The number of amides is 2. The molecule has 3 atom stereocenters. The molecule has 1 aliphatic rings. The molecule has 0 radical (unpaired) electrons. The van der Waals surface area contributed by atoms with Crippen LogP contribution in [0.2, 0.25) is 0 Å². The SMILES string of the molecule is CN(C)C(CNC(=O)[C@H]1C[C@@]1(C)c1ccccc1)Cc1ccc(C(N)=O)cc1. The van der Waals surface area contributed by atoms with Crippen molar-refractivity contribution in [3.63, 3.8) is 0 Å². The molecular weight excluding hydrogens is 350 g/mol. The summed E-state index contributed by atoms with van der Waals surface area (Å²) in [6, 6.07) is 17.8. The second-order valence-corrected chi connectivity index (χ2v) is 8.17. The van der Waals surface area contributed by atoms with Crippen molar-refractivity contribution in [3.05, 3.63) is 71.3 Å². The molecule has 28 heavy (non-hydrogen) atoms. The Morgan fingerprint density at radius 3 is 2.36 bits per heavy atom. The van der Waals surface area contributed by atoms with E-state index in [0.717, 1.165) is 18.4 Å². The molecule has 1 aliphatic carbocycles. The number of rotatable bonds is 8. The third kappa shape index (κ3) is 4.42. The molecule has 0 saturated heterocycles. The van der Waals surface area contributed by atoms with Gasteiger partial charge in [-0.2, -0.15) is 0 Å². The highest BCUT2D eigenvalue weighted by atomic mass is 16.2. The first-order chi connectivity index (χ1) is 13.3. The lowest BCUT2D eigenvalue weighted by molar-refractivity contribution is -0.122. The number of nitrogens with zero attached hydrogens (tertiary/aromatic N) is 1. The van der Waals surface area contributed by atoms with Crippen LogP contribution in [0.4, 0.5) is 0 Å². The Kier molecular flexibility index (Phi) is 5.84. The average Bonchev–Trinajstić information content (AvgIpc) is 3.39. The first-order valence-corrected chi connectivity index (χ1v) is 9.69. The number of hydrogen-bond acceptors (Lipinski definition) is 3. The Balaban J connectivity index is 1.57. The molecule has 1 fully saturated rings. The van der Waals surface area contributed by atoms with Gasteiger partial charge < -0.3 is 16.0 Å². The molecule has 2 amide bonds. The van der Waals surface area contributed by atoms with Crippen molar-refractivity contribution in [2.45, 2.75) is 31.2 Å². The highest BCUT2D eigenvalue weighted by molar-refractivity contribution is 5.92. The van der Waals surface area contributed by atoms with E-state index in [1.165, 1.54) is 5.56 Å². The maximum Gasteiger partial charge on any atom is 0.248 e. The largest absolute Gasteiger partial charge is 0.366 e. The maximum absolute atomic E-state index is 12.7. The molecule has 5 heteroatoms. The third-order valence-electron chi connectivity index (χ3n) is 5.94. The molecule has 148 valence electrons. The minimum absolute atomic E-state index is 0.0348. The van der Waals surface area contributed by atoms with Crippen molar-refractivity contribution in [1.82, 2.24) is 10.2 Å². The molecule has 0 aromatic heterocycles. The highest BCUT2D eigenvalue weighted by Gasteiger charge is 2.55. The van der Waals surface area contributed by atoms with Crippen LogP contribution in [-0.4, -0.2) is 43.4 Å². The summed E-state index contributed by atoms with van der Waals surface area (Å²) in [6.45, 7) is 2.75. The van der Waals surface area contributed by atoms with Gasteiger partial charge in [0.1, 0.15) is 0 Å². The fourth-order valence-electron chi connectivity index (χ4n) is 3.74. The number of likely N-dealkylation sites (N-methyl/N-ethyl adjacent to an activating group) is 1. The fourth-order valence-corrected chi connectivity index (χ4v) is 3.74. The first-order valence-electron chi connectivity index (χ1n) is 9.69. The normalized spacial score (nSPS) is 21.9. The minimum atomic E-state index is -0.422. The van der Waals surface area contributed by atoms with Crippen molar-refractivity contribution in [3.8, 4) is 0 Å². The fraction of sp³-hybridized carbons (Fsp3) is 0.391. The molecule has 2 aromatic rings. The van der Waals surface area contributed by atoms with Crippen molar-refractivity contribution in [2.24, 2.45) is 11.7 Å². The summed E-state index contributed by atoms with van der Waals surface area (Å²) in [5.41, 5.74) is 8.09. The van der Waals surface area contributed by atoms with Crippen LogP contribution in [0.3, 0.4) is 0 Å². The highest BCUT2D eigenvalue weighted by Crippen LogP contribution is 2.53. The van der Waals surface area contributed by atoms with E-state index >= 15 is 0 Å². The van der Waals surface area contributed by atoms with Gasteiger partial charge >= 0.3 is 0 Å². The van der Waals surface area contributed by atoms with Gasteiger partial charge in [-0.3, -0.25) is 9.59 Å². The van der Waals surface area contributed by atoms with Gasteiger partial charge in [-0.1, -0.05) is 49.4 Å². The molecule has 1 saturated carbocycles. The van der Waals surface area contributed by atoms with Crippen LogP contribution in [0.1, 0.15) is 34.8 Å². The van der Waals surface area contributed by atoms with Crippen LogP contribution in [0.5, 0.6) is 0 Å². The van der Waals surface area contributed by atoms with Gasteiger partial charge in [0.25, 0.3) is 0 Å². The van der Waals surface area contributed by atoms with Gasteiger partial charge in [0, 0.05) is 29.5 Å². The number of carbonyl (C=O) groups excluding carboxylic acids is 2. The van der Waals surface area contributed by atoms with E-state index in [1.807, 2.05) is 44.4 Å². The van der Waals surface area contributed by atoms with Gasteiger partial charge in [0.05, 0.1) is 0 Å². The number of nitrogens with one attached hydrogen (secondary N) is 1. The molecule has 0 bridgehead atoms. The van der Waals surface area contributed by atoms with E-state index in [9.17, 15) is 9.59 Å². The Labute approximate surface area is 166 Å². The summed E-state index contributed by atoms with van der Waals surface area (Å²) in [6.07, 6.45) is 1.68. The standard InChI is InChI=1S/C23H29N3O2/c1-23(18-7-5-4-6-8-18)14-20(23)22(28)25-15-19(26(2)3)13-16-9-11-17(12-10-16)21(24)27/h4-12,19-20H,13-15H2,1-3H3,(H2,24,27)(H,25,28)/t19?,20-,23+/m1/s1. The van der Waals surface area contributed by atoms with Crippen molar-refractivity contribution in [1.29, 1.82) is 0 Å². The van der Waals surface area contributed by atoms with Crippen LogP contribution in [0, 0.1) is 5.92 Å². The van der Waals surface area contributed by atoms with E-state index in [1.54, 1.807) is 12.1 Å². The predicted molar refractivity (Wildman–Crippen MR) is 111 cm³/mol. The number of primary amides is 1. The Morgan fingerprint density at radius 2 is 1.79 bits per heavy atom. The summed E-state index contributed by atoms with van der Waals surface area (Å²) < 4.78 is 0. The minimum Gasteiger partial charge on any atom is -0.366 e. The number of nitrogens with two attached hydrogens (primary N) is 1. The summed E-state index contributed by atoms with van der Waals surface area (Å²) in [4.78, 5) is 26.0. The molecule has 0 aliphatic heterocycles. The van der Waals surface area contributed by atoms with Gasteiger partial charge in [0.2, 0.25) is 11.8 Å². The van der Waals surface area contributed by atoms with Crippen molar-refractivity contribution in [2.75, 3.05) is 20.6 Å². The Hall–Kier alpha value is -2.66. The lowest BCUT2D eigenvalue weighted by atomic mass is 9.95. The van der Waals surface area contributed by atoms with E-state index in [4.69, 9.17) is 5.73 Å². The lowest BCUT2D eigenvalue weighted by Gasteiger charge is -2.25. The summed E-state index contributed by atoms with van der Waals surface area (Å²) >= 11 is 0. The molecule has 2 aromatic carbocycles. The Bertz CT molecular complexity index is 833. The zero-order chi connectivity index (χ0) is 20.3. The quantitative estimate of drug-likeness (QED) is 0.739. The molecule has 0 heterocycles. The Morgan fingerprint density at radius 1 is 1.14 bits per heavy atom. The second kappa shape index (κ2) is 8.15. The van der Waals surface area contributed by atoms with Crippen molar-refractivity contribution < 1.29 is 9.59 Å². The van der Waals surface area contributed by atoms with Crippen LogP contribution in [0.25, 0.3) is 0 Å². The van der Waals surface area contributed by atoms with Crippen LogP contribution in [0.15, 0.2) is 54.6 Å². The van der Waals surface area contributed by atoms with Crippen molar-refractivity contribution >= 4 is 11.8 Å². The van der Waals surface area contributed by atoms with Gasteiger partial charge in [-0.05, 0) is 50.2 Å². The molecule has 3 N–H and O–H groups in total. The van der Waals surface area contributed by atoms with Gasteiger partial charge in [-0.25, -0.2) is 0 Å². The number of carbonyl (C=O) groups is 2. The zero-order valence-corrected chi connectivity index (χ0v) is 16.8. The topological polar surface area (TPSA) is 75.4 Å². The number of benzene rings is 2. The van der Waals surface area contributed by atoms with Crippen LogP contribution < -0.4 is 11.1 Å². The molecular formula is C23H29N3O2. The lowest BCUT2D eigenvalue weighted by Crippen LogP contribution is -2.42. The predicted octanol–water partition coefficient (Wildman–Crippen LogP) is 2.35. The van der Waals surface area contributed by atoms with Gasteiger partial charge in [-0.15, -0.1) is 0 Å². The van der Waals surface area contributed by atoms with E-state index in [0.29, 0.717) is 12.1 Å².